The topological polar surface area (TPSA) is 118 Å². The maximum Gasteiger partial charge on any atom is 0.200 e. The lowest BCUT2D eigenvalue weighted by Gasteiger charge is -2.10. The summed E-state index contributed by atoms with van der Waals surface area (Å²) in [5.41, 5.74) is 0.161. The fourth-order valence-corrected chi connectivity index (χ4v) is 1.92. The Morgan fingerprint density at radius 2 is 1.40 bits per heavy atom. The van der Waals surface area contributed by atoms with E-state index in [-0.39, 0.29) is 16.9 Å². The average Bonchev–Trinajstić information content (AvgIpc) is 2.33. The zero-order valence-corrected chi connectivity index (χ0v) is 10.5. The van der Waals surface area contributed by atoms with Crippen LogP contribution in [0, 0.1) is 6.92 Å². The number of rotatable bonds is 2. The van der Waals surface area contributed by atoms with Gasteiger partial charge in [-0.05, 0) is 30.7 Å². The second-order valence-corrected chi connectivity index (χ2v) is 4.35. The number of hydrogen-bond acceptors (Lipinski definition) is 6. The Bertz CT molecular complexity index is 659. The highest BCUT2D eigenvalue weighted by molar-refractivity contribution is 6.12. The monoisotopic (exact) mass is 276 g/mol. The Balaban J connectivity index is 2.58. The van der Waals surface area contributed by atoms with Gasteiger partial charge in [0, 0.05) is 11.6 Å². The van der Waals surface area contributed by atoms with Crippen molar-refractivity contribution in [1.82, 2.24) is 0 Å². The highest BCUT2D eigenvalue weighted by atomic mass is 16.3. The van der Waals surface area contributed by atoms with Crippen molar-refractivity contribution < 1.29 is 30.3 Å². The summed E-state index contributed by atoms with van der Waals surface area (Å²) in [5.74, 6) is -3.29. The molecule has 0 aromatic heterocycles. The van der Waals surface area contributed by atoms with Gasteiger partial charge in [-0.25, -0.2) is 0 Å². The number of phenolic OH excluding ortho intramolecular Hbond substituents is 5. The van der Waals surface area contributed by atoms with Gasteiger partial charge in [0.25, 0.3) is 0 Å². The third-order valence-corrected chi connectivity index (χ3v) is 2.86. The number of carbonyl (C=O) groups is 1. The van der Waals surface area contributed by atoms with Crippen LogP contribution in [0.3, 0.4) is 0 Å². The summed E-state index contributed by atoms with van der Waals surface area (Å²) in [4.78, 5) is 12.3. The molecule has 0 amide bonds. The summed E-state index contributed by atoms with van der Waals surface area (Å²) >= 11 is 0. The van der Waals surface area contributed by atoms with Gasteiger partial charge in [0.15, 0.2) is 23.0 Å². The van der Waals surface area contributed by atoms with Crippen LogP contribution in [0.15, 0.2) is 24.3 Å². The number of benzene rings is 2. The lowest BCUT2D eigenvalue weighted by molar-refractivity contribution is 0.103. The summed E-state index contributed by atoms with van der Waals surface area (Å²) < 4.78 is 0. The number of carbonyl (C=O) groups excluding carboxylic acids is 1. The molecule has 0 heterocycles. The lowest BCUT2D eigenvalue weighted by Crippen LogP contribution is -2.04. The van der Waals surface area contributed by atoms with Gasteiger partial charge in [-0.3, -0.25) is 4.79 Å². The summed E-state index contributed by atoms with van der Waals surface area (Å²) in [5, 5.41) is 47.1. The highest BCUT2D eigenvalue weighted by Gasteiger charge is 2.20. The first-order valence-electron chi connectivity index (χ1n) is 5.63. The molecule has 20 heavy (non-hydrogen) atoms. The van der Waals surface area contributed by atoms with Crippen molar-refractivity contribution in [2.45, 2.75) is 6.92 Å². The molecule has 0 aliphatic carbocycles. The van der Waals surface area contributed by atoms with Crippen molar-refractivity contribution in [2.24, 2.45) is 0 Å². The van der Waals surface area contributed by atoms with Gasteiger partial charge in [-0.2, -0.15) is 0 Å². The Kier molecular flexibility index (Phi) is 3.15. The van der Waals surface area contributed by atoms with Crippen LogP contribution in [-0.2, 0) is 0 Å². The van der Waals surface area contributed by atoms with E-state index in [1.165, 1.54) is 13.0 Å². The van der Waals surface area contributed by atoms with Crippen molar-refractivity contribution in [3.8, 4) is 28.7 Å². The fraction of sp³-hybridized carbons (Fsp3) is 0.0714. The van der Waals surface area contributed by atoms with Crippen LogP contribution in [0.25, 0.3) is 0 Å². The summed E-state index contributed by atoms with van der Waals surface area (Å²) in [6, 6.07) is 4.26. The van der Waals surface area contributed by atoms with E-state index in [1.807, 2.05) is 0 Å². The molecule has 0 fully saturated rings. The zero-order chi connectivity index (χ0) is 15.0. The summed E-state index contributed by atoms with van der Waals surface area (Å²) in [6.07, 6.45) is 0. The normalized spacial score (nSPS) is 10.4. The predicted molar refractivity (Wildman–Crippen MR) is 69.4 cm³/mol. The highest BCUT2D eigenvalue weighted by Crippen LogP contribution is 2.37. The maximum absolute atomic E-state index is 12.3. The van der Waals surface area contributed by atoms with Crippen molar-refractivity contribution in [3.05, 3.63) is 41.0 Å². The van der Waals surface area contributed by atoms with E-state index in [1.54, 1.807) is 0 Å². The van der Waals surface area contributed by atoms with Crippen LogP contribution in [0.4, 0.5) is 0 Å². The Labute approximate surface area is 113 Å². The number of aromatic hydroxyl groups is 5. The first-order chi connectivity index (χ1) is 9.31. The Morgan fingerprint density at radius 3 is 1.90 bits per heavy atom. The fourth-order valence-electron chi connectivity index (χ4n) is 1.92. The van der Waals surface area contributed by atoms with Gasteiger partial charge in [0.1, 0.15) is 11.5 Å². The maximum atomic E-state index is 12.3. The Hall–Kier alpha value is -2.89. The molecule has 0 saturated carbocycles. The summed E-state index contributed by atoms with van der Waals surface area (Å²) in [6.45, 7) is 1.52. The molecule has 2 aromatic carbocycles. The molecule has 0 unspecified atom stereocenters. The van der Waals surface area contributed by atoms with Crippen molar-refractivity contribution >= 4 is 5.78 Å². The zero-order valence-electron chi connectivity index (χ0n) is 10.5. The van der Waals surface area contributed by atoms with Gasteiger partial charge in [0.05, 0.1) is 5.56 Å². The van der Waals surface area contributed by atoms with Gasteiger partial charge in [-0.1, -0.05) is 0 Å². The van der Waals surface area contributed by atoms with Crippen LogP contribution >= 0.6 is 0 Å². The molecular weight excluding hydrogens is 264 g/mol. The minimum absolute atomic E-state index is 0.0627. The molecule has 104 valence electrons. The van der Waals surface area contributed by atoms with E-state index in [2.05, 4.69) is 0 Å². The predicted octanol–water partition coefficient (Wildman–Crippen LogP) is 1.75. The molecule has 0 radical (unpaired) electrons. The van der Waals surface area contributed by atoms with Crippen LogP contribution in [-0.4, -0.2) is 31.3 Å². The lowest BCUT2D eigenvalue weighted by atomic mass is 9.97. The molecule has 6 nitrogen and oxygen atoms in total. The van der Waals surface area contributed by atoms with Crippen LogP contribution in [0.1, 0.15) is 21.5 Å². The van der Waals surface area contributed by atoms with Crippen molar-refractivity contribution in [3.63, 3.8) is 0 Å². The third-order valence-electron chi connectivity index (χ3n) is 2.86. The molecule has 0 spiro atoms. The van der Waals surface area contributed by atoms with Crippen molar-refractivity contribution in [2.75, 3.05) is 0 Å². The van der Waals surface area contributed by atoms with E-state index < -0.39 is 28.8 Å². The van der Waals surface area contributed by atoms with E-state index in [0.29, 0.717) is 5.56 Å². The molecule has 2 aromatic rings. The molecule has 0 saturated heterocycles. The number of hydrogen-bond donors (Lipinski definition) is 5. The molecule has 0 bridgehead atoms. The van der Waals surface area contributed by atoms with Gasteiger partial charge in [-0.15, -0.1) is 0 Å². The number of phenols is 5. The van der Waals surface area contributed by atoms with Gasteiger partial charge < -0.3 is 25.5 Å². The largest absolute Gasteiger partial charge is 0.508 e. The van der Waals surface area contributed by atoms with Crippen LogP contribution in [0.5, 0.6) is 28.7 Å². The smallest absolute Gasteiger partial charge is 0.200 e. The van der Waals surface area contributed by atoms with E-state index >= 15 is 0 Å². The van der Waals surface area contributed by atoms with E-state index in [9.17, 15) is 30.3 Å². The first kappa shape index (κ1) is 13.5. The molecule has 2 rings (SSSR count). The van der Waals surface area contributed by atoms with Gasteiger partial charge in [0.2, 0.25) is 0 Å². The quantitative estimate of drug-likeness (QED) is 0.421. The number of aryl methyl sites for hydroxylation is 1. The average molecular weight is 276 g/mol. The molecule has 0 aliphatic rings. The SMILES string of the molecule is Cc1cc(O)cc(O)c1C(=O)c1cc(O)c(O)c(O)c1. The van der Waals surface area contributed by atoms with Crippen LogP contribution in [0.2, 0.25) is 0 Å². The Morgan fingerprint density at radius 1 is 0.850 bits per heavy atom. The molecular formula is C14H12O6. The molecule has 5 N–H and O–H groups in total. The first-order valence-corrected chi connectivity index (χ1v) is 5.63. The molecule has 0 atom stereocenters. The molecule has 0 aliphatic heterocycles. The van der Waals surface area contributed by atoms with Crippen LogP contribution < -0.4 is 0 Å². The standard InChI is InChI=1S/C14H12O6/c1-6-2-8(15)5-9(16)12(6)13(19)7-3-10(17)14(20)11(18)4-7/h2-5,15-18,20H,1H3. The minimum atomic E-state index is -0.729. The van der Waals surface area contributed by atoms with E-state index in [0.717, 1.165) is 18.2 Å². The molecule has 6 heteroatoms. The second kappa shape index (κ2) is 4.65. The summed E-state index contributed by atoms with van der Waals surface area (Å²) in [7, 11) is 0. The minimum Gasteiger partial charge on any atom is -0.508 e. The number of ketones is 1. The third kappa shape index (κ3) is 2.18. The van der Waals surface area contributed by atoms with Crippen molar-refractivity contribution in [1.29, 1.82) is 0 Å². The second-order valence-electron chi connectivity index (χ2n) is 4.35. The van der Waals surface area contributed by atoms with Gasteiger partial charge >= 0.3 is 0 Å². The van der Waals surface area contributed by atoms with E-state index in [4.69, 9.17) is 0 Å².